The molecule has 0 radical (unpaired) electrons. The van der Waals surface area contributed by atoms with Gasteiger partial charge in [0.15, 0.2) is 0 Å². The van der Waals surface area contributed by atoms with Crippen molar-refractivity contribution in [3.05, 3.63) is 50.2 Å². The summed E-state index contributed by atoms with van der Waals surface area (Å²) < 4.78 is 7.29. The molecule has 21 heavy (non-hydrogen) atoms. The highest BCUT2D eigenvalue weighted by molar-refractivity contribution is 9.10. The molecular formula is C13H12BrN3O4. The quantitative estimate of drug-likeness (QED) is 0.365. The third-order valence-electron chi connectivity index (χ3n) is 2.85. The van der Waals surface area contributed by atoms with Gasteiger partial charge in [0.25, 0.3) is 0 Å². The van der Waals surface area contributed by atoms with Gasteiger partial charge in [-0.15, -0.1) is 0 Å². The number of carbonyl (C=O) groups excluding carboxylic acids is 1. The Labute approximate surface area is 128 Å². The SMILES string of the molecule is Cc1nn(CC(=O)Oc2ccc(Br)cc2)c(C)c1[N+](=O)[O-]. The first-order valence-electron chi connectivity index (χ1n) is 6.03. The first-order chi connectivity index (χ1) is 9.88. The van der Waals surface area contributed by atoms with Crippen molar-refractivity contribution < 1.29 is 14.5 Å². The van der Waals surface area contributed by atoms with Crippen LogP contribution in [0.4, 0.5) is 5.69 Å². The summed E-state index contributed by atoms with van der Waals surface area (Å²) in [6.07, 6.45) is 0. The van der Waals surface area contributed by atoms with Crippen LogP contribution in [0.15, 0.2) is 28.7 Å². The van der Waals surface area contributed by atoms with E-state index in [2.05, 4.69) is 21.0 Å². The van der Waals surface area contributed by atoms with Crippen LogP contribution >= 0.6 is 15.9 Å². The van der Waals surface area contributed by atoms with Crippen LogP contribution in [0, 0.1) is 24.0 Å². The molecule has 7 nitrogen and oxygen atoms in total. The van der Waals surface area contributed by atoms with Crippen LogP contribution in [0.2, 0.25) is 0 Å². The van der Waals surface area contributed by atoms with E-state index in [0.29, 0.717) is 11.4 Å². The van der Waals surface area contributed by atoms with Crippen LogP contribution in [0.5, 0.6) is 5.75 Å². The van der Waals surface area contributed by atoms with Crippen LogP contribution in [-0.2, 0) is 11.3 Å². The molecule has 0 bridgehead atoms. The van der Waals surface area contributed by atoms with E-state index in [-0.39, 0.29) is 17.9 Å². The standard InChI is InChI=1S/C13H12BrN3O4/c1-8-13(17(19)20)9(2)16(15-8)7-12(18)21-11-5-3-10(14)4-6-11/h3-6H,7H2,1-2H3. The fourth-order valence-electron chi connectivity index (χ4n) is 1.89. The molecule has 2 aromatic rings. The highest BCUT2D eigenvalue weighted by Gasteiger charge is 2.23. The monoisotopic (exact) mass is 353 g/mol. The van der Waals surface area contributed by atoms with E-state index in [9.17, 15) is 14.9 Å². The summed E-state index contributed by atoms with van der Waals surface area (Å²) in [5.41, 5.74) is 0.519. The zero-order valence-electron chi connectivity index (χ0n) is 11.4. The largest absolute Gasteiger partial charge is 0.425 e. The van der Waals surface area contributed by atoms with Gasteiger partial charge in [0.1, 0.15) is 23.7 Å². The summed E-state index contributed by atoms with van der Waals surface area (Å²) in [7, 11) is 0. The van der Waals surface area contributed by atoms with Gasteiger partial charge in [0, 0.05) is 4.47 Å². The van der Waals surface area contributed by atoms with E-state index in [4.69, 9.17) is 4.74 Å². The van der Waals surface area contributed by atoms with E-state index < -0.39 is 10.9 Å². The van der Waals surface area contributed by atoms with Gasteiger partial charge in [-0.2, -0.15) is 5.10 Å². The minimum Gasteiger partial charge on any atom is -0.425 e. The fraction of sp³-hybridized carbons (Fsp3) is 0.231. The molecule has 0 aliphatic rings. The lowest BCUT2D eigenvalue weighted by Crippen LogP contribution is -2.18. The summed E-state index contributed by atoms with van der Waals surface area (Å²) in [6.45, 7) is 2.89. The molecule has 1 aromatic heterocycles. The number of aryl methyl sites for hydroxylation is 1. The molecule has 0 spiro atoms. The number of ether oxygens (including phenoxy) is 1. The van der Waals surface area contributed by atoms with Crippen molar-refractivity contribution in [3.63, 3.8) is 0 Å². The predicted molar refractivity (Wildman–Crippen MR) is 78.1 cm³/mol. The summed E-state index contributed by atoms with van der Waals surface area (Å²) in [6, 6.07) is 6.78. The highest BCUT2D eigenvalue weighted by Crippen LogP contribution is 2.22. The van der Waals surface area contributed by atoms with E-state index in [1.807, 2.05) is 0 Å². The molecule has 2 rings (SSSR count). The van der Waals surface area contributed by atoms with Crippen molar-refractivity contribution in [2.75, 3.05) is 0 Å². The zero-order chi connectivity index (χ0) is 15.6. The van der Waals surface area contributed by atoms with Crippen LogP contribution in [-0.4, -0.2) is 20.7 Å². The lowest BCUT2D eigenvalue weighted by atomic mass is 10.3. The first-order valence-corrected chi connectivity index (χ1v) is 6.82. The second kappa shape index (κ2) is 6.04. The van der Waals surface area contributed by atoms with Gasteiger partial charge in [0.05, 0.1) is 4.92 Å². The van der Waals surface area contributed by atoms with Crippen LogP contribution in [0.1, 0.15) is 11.4 Å². The van der Waals surface area contributed by atoms with Crippen molar-refractivity contribution >= 4 is 27.6 Å². The number of carbonyl (C=O) groups is 1. The number of hydrogen-bond acceptors (Lipinski definition) is 5. The van der Waals surface area contributed by atoms with E-state index in [0.717, 1.165) is 4.47 Å². The first kappa shape index (κ1) is 15.2. The maximum Gasteiger partial charge on any atom is 0.333 e. The van der Waals surface area contributed by atoms with Crippen LogP contribution in [0.25, 0.3) is 0 Å². The Kier molecular flexibility index (Phi) is 4.37. The minimum absolute atomic E-state index is 0.0774. The summed E-state index contributed by atoms with van der Waals surface area (Å²) in [4.78, 5) is 22.2. The number of hydrogen-bond donors (Lipinski definition) is 0. The summed E-state index contributed by atoms with van der Waals surface area (Å²) in [5, 5.41) is 14.9. The van der Waals surface area contributed by atoms with Gasteiger partial charge in [0.2, 0.25) is 0 Å². The number of halogens is 1. The molecule has 0 unspecified atom stereocenters. The Hall–Kier alpha value is -2.22. The molecule has 0 saturated heterocycles. The normalized spacial score (nSPS) is 10.4. The number of aromatic nitrogens is 2. The second-order valence-corrected chi connectivity index (χ2v) is 5.28. The number of nitrogens with zero attached hydrogens (tertiary/aromatic N) is 3. The summed E-state index contributed by atoms with van der Waals surface area (Å²) in [5.74, 6) is -0.142. The zero-order valence-corrected chi connectivity index (χ0v) is 13.0. The van der Waals surface area contributed by atoms with Gasteiger partial charge < -0.3 is 4.74 Å². The minimum atomic E-state index is -0.544. The van der Waals surface area contributed by atoms with Crippen LogP contribution in [0.3, 0.4) is 0 Å². The topological polar surface area (TPSA) is 87.3 Å². The average Bonchev–Trinajstić information content (AvgIpc) is 2.67. The van der Waals surface area contributed by atoms with E-state index in [1.54, 1.807) is 31.2 Å². The Morgan fingerprint density at radius 1 is 1.38 bits per heavy atom. The Morgan fingerprint density at radius 3 is 2.52 bits per heavy atom. The lowest BCUT2D eigenvalue weighted by Gasteiger charge is -2.05. The molecule has 0 amide bonds. The van der Waals surface area contributed by atoms with E-state index in [1.165, 1.54) is 11.6 Å². The molecule has 110 valence electrons. The Bertz CT molecular complexity index is 694. The molecule has 1 aromatic carbocycles. The fourth-order valence-corrected chi connectivity index (χ4v) is 2.16. The molecule has 8 heteroatoms. The average molecular weight is 354 g/mol. The predicted octanol–water partition coefficient (Wildman–Crippen LogP) is 2.78. The van der Waals surface area contributed by atoms with Gasteiger partial charge in [-0.3, -0.25) is 14.8 Å². The van der Waals surface area contributed by atoms with E-state index >= 15 is 0 Å². The van der Waals surface area contributed by atoms with Crippen molar-refractivity contribution in [2.24, 2.45) is 0 Å². The molecule has 0 atom stereocenters. The molecule has 0 saturated carbocycles. The van der Waals surface area contributed by atoms with Gasteiger partial charge in [-0.25, -0.2) is 4.79 Å². The number of esters is 1. The van der Waals surface area contributed by atoms with Gasteiger partial charge in [-0.05, 0) is 38.1 Å². The molecule has 0 aliphatic heterocycles. The Morgan fingerprint density at radius 2 is 2.00 bits per heavy atom. The third kappa shape index (κ3) is 3.46. The van der Waals surface area contributed by atoms with Crippen molar-refractivity contribution in [1.29, 1.82) is 0 Å². The van der Waals surface area contributed by atoms with Gasteiger partial charge in [-0.1, -0.05) is 15.9 Å². The third-order valence-corrected chi connectivity index (χ3v) is 3.38. The molecular weight excluding hydrogens is 342 g/mol. The highest BCUT2D eigenvalue weighted by atomic mass is 79.9. The maximum atomic E-state index is 11.8. The van der Waals surface area contributed by atoms with Crippen molar-refractivity contribution in [3.8, 4) is 5.75 Å². The van der Waals surface area contributed by atoms with Crippen LogP contribution < -0.4 is 4.74 Å². The number of benzene rings is 1. The molecule has 0 fully saturated rings. The van der Waals surface area contributed by atoms with Gasteiger partial charge >= 0.3 is 11.7 Å². The van der Waals surface area contributed by atoms with Crippen molar-refractivity contribution in [2.45, 2.75) is 20.4 Å². The molecule has 0 aliphatic carbocycles. The molecule has 1 heterocycles. The summed E-state index contributed by atoms with van der Waals surface area (Å²) >= 11 is 3.28. The Balaban J connectivity index is 2.11. The lowest BCUT2D eigenvalue weighted by molar-refractivity contribution is -0.386. The number of rotatable bonds is 4. The molecule has 0 N–H and O–H groups in total. The maximum absolute atomic E-state index is 11.8. The number of nitro groups is 1. The van der Waals surface area contributed by atoms with Crippen molar-refractivity contribution in [1.82, 2.24) is 9.78 Å². The second-order valence-electron chi connectivity index (χ2n) is 4.36. The smallest absolute Gasteiger partial charge is 0.333 e.